The average Bonchev–Trinajstić information content (AvgIpc) is 3.22. The number of carboxylic acids is 1. The summed E-state index contributed by atoms with van der Waals surface area (Å²) in [5.41, 5.74) is 1.09. The zero-order chi connectivity index (χ0) is 16.2. The summed E-state index contributed by atoms with van der Waals surface area (Å²) in [5.74, 6) is 0.00964. The van der Waals surface area contributed by atoms with Crippen molar-refractivity contribution in [2.24, 2.45) is 5.92 Å². The molecule has 6 nitrogen and oxygen atoms in total. The highest BCUT2D eigenvalue weighted by molar-refractivity contribution is 5.95. The third-order valence-corrected chi connectivity index (χ3v) is 4.45. The molecule has 2 aromatic rings. The Bertz CT molecular complexity index is 673. The van der Waals surface area contributed by atoms with E-state index >= 15 is 0 Å². The minimum absolute atomic E-state index is 0. The highest BCUT2D eigenvalue weighted by atomic mass is 35.5. The zero-order valence-corrected chi connectivity index (χ0v) is 15.6. The van der Waals surface area contributed by atoms with Crippen LogP contribution in [0.15, 0.2) is 29.0 Å². The van der Waals surface area contributed by atoms with Gasteiger partial charge in [0.15, 0.2) is 5.76 Å². The zero-order valence-electron chi connectivity index (χ0n) is 14.0. The van der Waals surface area contributed by atoms with Gasteiger partial charge in [0, 0.05) is 18.0 Å². The van der Waals surface area contributed by atoms with E-state index in [4.69, 9.17) is 4.52 Å². The molecule has 1 aliphatic carbocycles. The van der Waals surface area contributed by atoms with Crippen molar-refractivity contribution in [3.63, 3.8) is 0 Å². The molecule has 1 atom stereocenters. The van der Waals surface area contributed by atoms with Gasteiger partial charge in [-0.1, -0.05) is 18.0 Å². The topological polar surface area (TPSA) is 88.3 Å². The molecular formula is C17H23Cl2N3O3. The largest absolute Gasteiger partial charge is 0.477 e. The standard InChI is InChI=1S/C17H21N3O3.2ClH/c1-11(19-9-12-5-2-3-6-12)16-14(17(21)22)15(20-23-16)13-7-4-8-18-10-13;;/h4,7-8,10-12,19H,2-3,5-6,9H2,1H3,(H,21,22);2*1H/t11-;;/m1../s1. The van der Waals surface area contributed by atoms with Gasteiger partial charge in [-0.15, -0.1) is 24.8 Å². The van der Waals surface area contributed by atoms with Crippen molar-refractivity contribution in [1.29, 1.82) is 0 Å². The fourth-order valence-electron chi connectivity index (χ4n) is 3.16. The smallest absolute Gasteiger partial charge is 0.341 e. The Kier molecular flexibility index (Phi) is 8.35. The molecule has 3 rings (SSSR count). The Labute approximate surface area is 159 Å². The van der Waals surface area contributed by atoms with E-state index in [1.807, 2.05) is 6.92 Å². The van der Waals surface area contributed by atoms with Gasteiger partial charge in [-0.2, -0.15) is 0 Å². The van der Waals surface area contributed by atoms with E-state index in [-0.39, 0.29) is 36.4 Å². The van der Waals surface area contributed by atoms with Crippen molar-refractivity contribution in [1.82, 2.24) is 15.5 Å². The van der Waals surface area contributed by atoms with Gasteiger partial charge in [0.2, 0.25) is 0 Å². The van der Waals surface area contributed by atoms with Gasteiger partial charge in [-0.05, 0) is 44.4 Å². The Balaban J connectivity index is 0.00000156. The van der Waals surface area contributed by atoms with Crippen LogP contribution in [0.5, 0.6) is 0 Å². The Morgan fingerprint density at radius 2 is 2.12 bits per heavy atom. The van der Waals surface area contributed by atoms with E-state index in [1.54, 1.807) is 24.5 Å². The maximum atomic E-state index is 11.7. The number of pyridine rings is 1. The normalized spacial score (nSPS) is 15.2. The maximum absolute atomic E-state index is 11.7. The number of nitrogens with one attached hydrogen (secondary N) is 1. The minimum atomic E-state index is -1.03. The number of hydrogen-bond acceptors (Lipinski definition) is 5. The highest BCUT2D eigenvalue weighted by Gasteiger charge is 2.27. The first-order valence-electron chi connectivity index (χ1n) is 8.03. The van der Waals surface area contributed by atoms with Gasteiger partial charge < -0.3 is 14.9 Å². The lowest BCUT2D eigenvalue weighted by molar-refractivity contribution is 0.0694. The van der Waals surface area contributed by atoms with Crippen molar-refractivity contribution < 1.29 is 14.4 Å². The van der Waals surface area contributed by atoms with E-state index in [1.165, 1.54) is 25.7 Å². The van der Waals surface area contributed by atoms with Crippen molar-refractivity contribution >= 4 is 30.8 Å². The Morgan fingerprint density at radius 1 is 1.40 bits per heavy atom. The third-order valence-electron chi connectivity index (χ3n) is 4.45. The molecule has 1 aliphatic rings. The van der Waals surface area contributed by atoms with Gasteiger partial charge in [-0.25, -0.2) is 4.79 Å². The minimum Gasteiger partial charge on any atom is -0.477 e. The molecule has 138 valence electrons. The van der Waals surface area contributed by atoms with Crippen LogP contribution in [-0.4, -0.2) is 27.8 Å². The molecule has 2 aromatic heterocycles. The lowest BCUT2D eigenvalue weighted by Crippen LogP contribution is -2.25. The number of halogens is 2. The van der Waals surface area contributed by atoms with Crippen LogP contribution in [0.1, 0.15) is 54.8 Å². The van der Waals surface area contributed by atoms with Gasteiger partial charge in [0.25, 0.3) is 0 Å². The Hall–Kier alpha value is -1.63. The number of hydrogen-bond donors (Lipinski definition) is 2. The molecule has 0 aliphatic heterocycles. The number of aromatic nitrogens is 2. The van der Waals surface area contributed by atoms with Crippen LogP contribution in [0, 0.1) is 5.92 Å². The molecule has 0 spiro atoms. The summed E-state index contributed by atoms with van der Waals surface area (Å²) in [6.07, 6.45) is 8.27. The first-order chi connectivity index (χ1) is 11.2. The molecule has 1 fully saturated rings. The van der Waals surface area contributed by atoms with Gasteiger partial charge in [0.1, 0.15) is 11.3 Å². The highest BCUT2D eigenvalue weighted by Crippen LogP contribution is 2.29. The van der Waals surface area contributed by atoms with Crippen LogP contribution >= 0.6 is 24.8 Å². The van der Waals surface area contributed by atoms with Gasteiger partial charge >= 0.3 is 5.97 Å². The fourth-order valence-corrected chi connectivity index (χ4v) is 3.16. The average molecular weight is 388 g/mol. The van der Waals surface area contributed by atoms with Crippen LogP contribution in [0.25, 0.3) is 11.3 Å². The van der Waals surface area contributed by atoms with E-state index in [9.17, 15) is 9.90 Å². The number of rotatable bonds is 6. The molecule has 0 aromatic carbocycles. The molecule has 25 heavy (non-hydrogen) atoms. The molecule has 8 heteroatoms. The molecule has 0 bridgehead atoms. The van der Waals surface area contributed by atoms with Crippen molar-refractivity contribution in [2.45, 2.75) is 38.6 Å². The summed E-state index contributed by atoms with van der Waals surface area (Å²) in [5, 5.41) is 16.9. The summed E-state index contributed by atoms with van der Waals surface area (Å²) < 4.78 is 5.37. The molecule has 0 amide bonds. The van der Waals surface area contributed by atoms with Crippen LogP contribution in [0.3, 0.4) is 0 Å². The second-order valence-corrected chi connectivity index (χ2v) is 6.10. The van der Waals surface area contributed by atoms with Crippen LogP contribution in [0.2, 0.25) is 0 Å². The monoisotopic (exact) mass is 387 g/mol. The summed E-state index contributed by atoms with van der Waals surface area (Å²) >= 11 is 0. The second-order valence-electron chi connectivity index (χ2n) is 6.10. The maximum Gasteiger partial charge on any atom is 0.341 e. The molecule has 0 radical (unpaired) electrons. The second kappa shape index (κ2) is 9.75. The van der Waals surface area contributed by atoms with Crippen LogP contribution in [-0.2, 0) is 0 Å². The van der Waals surface area contributed by atoms with Gasteiger partial charge in [-0.3, -0.25) is 4.98 Å². The quantitative estimate of drug-likeness (QED) is 0.774. The first kappa shape index (κ1) is 21.4. The fraction of sp³-hybridized carbons (Fsp3) is 0.471. The summed E-state index contributed by atoms with van der Waals surface area (Å²) in [6, 6.07) is 3.33. The van der Waals surface area contributed by atoms with Gasteiger partial charge in [0.05, 0.1) is 6.04 Å². The SMILES string of the molecule is C[C@@H](NCC1CCCC1)c1onc(-c2cccnc2)c1C(=O)O.Cl.Cl. The molecular weight excluding hydrogens is 365 g/mol. The van der Waals surface area contributed by atoms with Crippen molar-refractivity contribution in [3.05, 3.63) is 35.9 Å². The number of carboxylic acid groups (broad SMARTS) is 1. The predicted octanol–water partition coefficient (Wildman–Crippen LogP) is 4.12. The lowest BCUT2D eigenvalue weighted by atomic mass is 10.0. The van der Waals surface area contributed by atoms with E-state index in [2.05, 4.69) is 15.5 Å². The first-order valence-corrected chi connectivity index (χ1v) is 8.03. The molecule has 2 N–H and O–H groups in total. The van der Waals surface area contributed by atoms with Crippen molar-refractivity contribution in [2.75, 3.05) is 6.54 Å². The predicted molar refractivity (Wildman–Crippen MR) is 99.6 cm³/mol. The van der Waals surface area contributed by atoms with Crippen molar-refractivity contribution in [3.8, 4) is 11.3 Å². The molecule has 2 heterocycles. The third kappa shape index (κ3) is 4.93. The van der Waals surface area contributed by atoms with E-state index in [0.29, 0.717) is 22.9 Å². The summed E-state index contributed by atoms with van der Waals surface area (Å²) in [6.45, 7) is 2.79. The molecule has 0 saturated heterocycles. The lowest BCUT2D eigenvalue weighted by Gasteiger charge is -2.15. The molecule has 0 unspecified atom stereocenters. The van der Waals surface area contributed by atoms with Crippen LogP contribution < -0.4 is 5.32 Å². The summed E-state index contributed by atoms with van der Waals surface area (Å²) in [7, 11) is 0. The summed E-state index contributed by atoms with van der Waals surface area (Å²) in [4.78, 5) is 15.7. The number of nitrogens with zero attached hydrogens (tertiary/aromatic N) is 2. The Morgan fingerprint density at radius 3 is 2.72 bits per heavy atom. The van der Waals surface area contributed by atoms with E-state index in [0.717, 1.165) is 6.54 Å². The molecule has 1 saturated carbocycles. The number of carbonyl (C=O) groups is 1. The van der Waals surface area contributed by atoms with E-state index < -0.39 is 5.97 Å². The number of aromatic carboxylic acids is 1. The van der Waals surface area contributed by atoms with Crippen LogP contribution in [0.4, 0.5) is 0 Å².